The molecule has 5 heteroatoms. The van der Waals surface area contributed by atoms with Crippen LogP contribution in [0.4, 0.5) is 4.79 Å². The van der Waals surface area contributed by atoms with Gasteiger partial charge in [0.15, 0.2) is 0 Å². The number of aliphatic carboxylic acids is 1. The number of rotatable bonds is 2. The second kappa shape index (κ2) is 3.48. The van der Waals surface area contributed by atoms with Crippen LogP contribution in [0.3, 0.4) is 0 Å². The van der Waals surface area contributed by atoms with Crippen LogP contribution in [0, 0.1) is 0 Å². The molecule has 0 aromatic carbocycles. The van der Waals surface area contributed by atoms with E-state index in [1.165, 1.54) is 4.90 Å². The number of cyclic esters (lactones) is 1. The molecule has 1 saturated heterocycles. The first-order valence-electron chi connectivity index (χ1n) is 4.50. The third-order valence-corrected chi connectivity index (χ3v) is 2.09. The summed E-state index contributed by atoms with van der Waals surface area (Å²) in [5, 5.41) is 8.65. The molecule has 0 aromatic heterocycles. The Kier molecular flexibility index (Phi) is 2.69. The summed E-state index contributed by atoms with van der Waals surface area (Å²) in [6, 6.07) is -0.347. The van der Waals surface area contributed by atoms with Crippen LogP contribution in [0.25, 0.3) is 0 Å². The summed E-state index contributed by atoms with van der Waals surface area (Å²) in [6.45, 7) is 5.74. The van der Waals surface area contributed by atoms with Gasteiger partial charge in [-0.15, -0.1) is 0 Å². The van der Waals surface area contributed by atoms with Crippen molar-refractivity contribution in [2.24, 2.45) is 0 Å². The Hall–Kier alpha value is -1.26. The van der Waals surface area contributed by atoms with E-state index in [1.807, 2.05) is 20.8 Å². The molecule has 1 heterocycles. The van der Waals surface area contributed by atoms with Crippen molar-refractivity contribution in [3.63, 3.8) is 0 Å². The predicted octanol–water partition coefficient (Wildman–Crippen LogP) is 1.08. The predicted molar refractivity (Wildman–Crippen MR) is 49.0 cm³/mol. The fraction of sp³-hybridized carbons (Fsp3) is 0.778. The maximum atomic E-state index is 11.3. The van der Waals surface area contributed by atoms with E-state index in [0.717, 1.165) is 0 Å². The van der Waals surface area contributed by atoms with E-state index in [9.17, 15) is 9.59 Å². The van der Waals surface area contributed by atoms with Crippen molar-refractivity contribution in [1.29, 1.82) is 0 Å². The minimum atomic E-state index is -0.914. The fourth-order valence-electron chi connectivity index (χ4n) is 1.63. The first-order valence-corrected chi connectivity index (χ1v) is 4.50. The molecular formula is C9H15NO4. The molecule has 0 aliphatic carbocycles. The first kappa shape index (κ1) is 10.8. The third-order valence-electron chi connectivity index (χ3n) is 2.09. The van der Waals surface area contributed by atoms with Gasteiger partial charge in [-0.3, -0.25) is 9.69 Å². The highest BCUT2D eigenvalue weighted by Crippen LogP contribution is 2.25. The highest BCUT2D eigenvalue weighted by atomic mass is 16.6. The smallest absolute Gasteiger partial charge is 0.410 e. The van der Waals surface area contributed by atoms with E-state index in [2.05, 4.69) is 0 Å². The van der Waals surface area contributed by atoms with E-state index in [0.29, 0.717) is 0 Å². The number of ether oxygens (including phenoxy) is 1. The first-order chi connectivity index (χ1) is 6.32. The summed E-state index contributed by atoms with van der Waals surface area (Å²) in [5.41, 5.74) is -0.395. The van der Waals surface area contributed by atoms with Crippen molar-refractivity contribution in [2.75, 3.05) is 6.61 Å². The van der Waals surface area contributed by atoms with E-state index in [1.54, 1.807) is 0 Å². The Morgan fingerprint density at radius 3 is 2.64 bits per heavy atom. The number of carboxylic acid groups (broad SMARTS) is 1. The molecule has 1 rings (SSSR count). The number of hydrogen-bond donors (Lipinski definition) is 1. The summed E-state index contributed by atoms with van der Waals surface area (Å²) in [7, 11) is 0. The van der Waals surface area contributed by atoms with Gasteiger partial charge >= 0.3 is 12.1 Å². The van der Waals surface area contributed by atoms with Gasteiger partial charge in [0.2, 0.25) is 0 Å². The molecule has 1 atom stereocenters. The van der Waals surface area contributed by atoms with Crippen LogP contribution in [-0.4, -0.2) is 40.3 Å². The van der Waals surface area contributed by atoms with Gasteiger partial charge in [0.25, 0.3) is 0 Å². The maximum Gasteiger partial charge on any atom is 0.410 e. The average Bonchev–Trinajstić information content (AvgIpc) is 2.28. The highest BCUT2D eigenvalue weighted by molar-refractivity contribution is 5.74. The molecule has 1 unspecified atom stereocenters. The molecule has 80 valence electrons. The van der Waals surface area contributed by atoms with Gasteiger partial charge in [-0.05, 0) is 20.8 Å². The molecule has 1 aliphatic heterocycles. The van der Waals surface area contributed by atoms with Crippen molar-refractivity contribution >= 4 is 12.1 Å². The van der Waals surface area contributed by atoms with Crippen LogP contribution in [0.2, 0.25) is 0 Å². The lowest BCUT2D eigenvalue weighted by Gasteiger charge is -2.33. The number of carbonyl (C=O) groups is 2. The molecule has 0 aromatic rings. The SMILES string of the molecule is CC(C)(C)N1C(=O)OCC1CC(=O)O. The van der Waals surface area contributed by atoms with Gasteiger partial charge < -0.3 is 9.84 Å². The van der Waals surface area contributed by atoms with Crippen molar-refractivity contribution in [2.45, 2.75) is 38.8 Å². The number of carboxylic acids is 1. The summed E-state index contributed by atoms with van der Waals surface area (Å²) >= 11 is 0. The fourth-order valence-corrected chi connectivity index (χ4v) is 1.63. The topological polar surface area (TPSA) is 66.8 Å². The Morgan fingerprint density at radius 2 is 2.21 bits per heavy atom. The van der Waals surface area contributed by atoms with Crippen LogP contribution in [0.15, 0.2) is 0 Å². The quantitative estimate of drug-likeness (QED) is 0.726. The summed E-state index contributed by atoms with van der Waals surface area (Å²) in [4.78, 5) is 23.4. The number of carbonyl (C=O) groups excluding carboxylic acids is 1. The van der Waals surface area contributed by atoms with Gasteiger partial charge in [-0.25, -0.2) is 4.79 Å². The largest absolute Gasteiger partial charge is 0.481 e. The number of amides is 1. The third kappa shape index (κ3) is 2.16. The van der Waals surface area contributed by atoms with Crippen LogP contribution in [0.1, 0.15) is 27.2 Å². The van der Waals surface area contributed by atoms with Crippen molar-refractivity contribution in [1.82, 2.24) is 4.90 Å². The number of hydrogen-bond acceptors (Lipinski definition) is 3. The molecule has 0 saturated carbocycles. The second-order valence-corrected chi connectivity index (χ2v) is 4.37. The zero-order chi connectivity index (χ0) is 10.9. The second-order valence-electron chi connectivity index (χ2n) is 4.37. The van der Waals surface area contributed by atoms with Gasteiger partial charge in [-0.1, -0.05) is 0 Å². The lowest BCUT2D eigenvalue weighted by Crippen LogP contribution is -2.47. The van der Waals surface area contributed by atoms with Gasteiger partial charge in [0.1, 0.15) is 6.61 Å². The molecule has 0 spiro atoms. The minimum absolute atomic E-state index is 0.0665. The van der Waals surface area contributed by atoms with Gasteiger partial charge in [0.05, 0.1) is 12.5 Å². The van der Waals surface area contributed by atoms with Crippen molar-refractivity contribution in [3.8, 4) is 0 Å². The van der Waals surface area contributed by atoms with Gasteiger partial charge in [0, 0.05) is 5.54 Å². The van der Waals surface area contributed by atoms with Crippen LogP contribution >= 0.6 is 0 Å². The van der Waals surface area contributed by atoms with E-state index in [4.69, 9.17) is 9.84 Å². The Balaban J connectivity index is 2.77. The Labute approximate surface area is 82.6 Å². The lowest BCUT2D eigenvalue weighted by atomic mass is 10.0. The monoisotopic (exact) mass is 201 g/mol. The van der Waals surface area contributed by atoms with Crippen molar-refractivity contribution in [3.05, 3.63) is 0 Å². The molecule has 14 heavy (non-hydrogen) atoms. The zero-order valence-electron chi connectivity index (χ0n) is 8.61. The van der Waals surface area contributed by atoms with Crippen LogP contribution in [0.5, 0.6) is 0 Å². The average molecular weight is 201 g/mol. The minimum Gasteiger partial charge on any atom is -0.481 e. The van der Waals surface area contributed by atoms with E-state index in [-0.39, 0.29) is 19.1 Å². The molecular weight excluding hydrogens is 186 g/mol. The highest BCUT2D eigenvalue weighted by Gasteiger charge is 2.40. The Morgan fingerprint density at radius 1 is 1.64 bits per heavy atom. The van der Waals surface area contributed by atoms with Crippen LogP contribution < -0.4 is 0 Å². The molecule has 1 aliphatic rings. The van der Waals surface area contributed by atoms with E-state index >= 15 is 0 Å². The molecule has 1 N–H and O–H groups in total. The van der Waals surface area contributed by atoms with Crippen LogP contribution in [-0.2, 0) is 9.53 Å². The molecule has 5 nitrogen and oxygen atoms in total. The maximum absolute atomic E-state index is 11.3. The summed E-state index contributed by atoms with van der Waals surface area (Å²) in [6.07, 6.45) is -0.494. The summed E-state index contributed by atoms with van der Waals surface area (Å²) < 4.78 is 4.83. The standard InChI is InChI=1S/C9H15NO4/c1-9(2,3)10-6(4-7(11)12)5-14-8(10)13/h6H,4-5H2,1-3H3,(H,11,12). The molecule has 0 radical (unpaired) electrons. The lowest BCUT2D eigenvalue weighted by molar-refractivity contribution is -0.138. The molecule has 0 bridgehead atoms. The molecule has 1 amide bonds. The molecule has 1 fully saturated rings. The van der Waals surface area contributed by atoms with Crippen molar-refractivity contribution < 1.29 is 19.4 Å². The Bertz CT molecular complexity index is 256. The van der Waals surface area contributed by atoms with E-state index < -0.39 is 17.6 Å². The number of nitrogens with zero attached hydrogens (tertiary/aromatic N) is 1. The van der Waals surface area contributed by atoms with Gasteiger partial charge in [-0.2, -0.15) is 0 Å². The zero-order valence-corrected chi connectivity index (χ0v) is 8.61. The summed E-state index contributed by atoms with van der Waals surface area (Å²) in [5.74, 6) is -0.914. The normalized spacial score (nSPS) is 22.4.